The van der Waals surface area contributed by atoms with Gasteiger partial charge >= 0.3 is 5.97 Å². The Morgan fingerprint density at radius 2 is 2.12 bits per heavy atom. The third kappa shape index (κ3) is 4.02. The predicted molar refractivity (Wildman–Crippen MR) is 54.5 cm³/mol. The van der Waals surface area contributed by atoms with Crippen molar-refractivity contribution in [1.82, 2.24) is 0 Å². The molecule has 0 unspecified atom stereocenters. The summed E-state index contributed by atoms with van der Waals surface area (Å²) in [6.07, 6.45) is 0. The summed E-state index contributed by atoms with van der Waals surface area (Å²) in [5, 5.41) is 8.82. The van der Waals surface area contributed by atoms with Crippen molar-refractivity contribution in [3.05, 3.63) is 28.8 Å². The molecule has 0 aliphatic rings. The number of alkyl halides is 2. The van der Waals surface area contributed by atoms with Gasteiger partial charge in [0.25, 0.3) is 5.92 Å². The number of carbonyl (C=O) groups is 1. The number of carboxylic acids is 1. The lowest BCUT2D eigenvalue weighted by Gasteiger charge is -2.12. The molecular weight excluding hydrogens is 242 g/mol. The van der Waals surface area contributed by atoms with Gasteiger partial charge in [0.1, 0.15) is 5.75 Å². The maximum atomic E-state index is 12.5. The molecule has 0 bridgehead atoms. The highest BCUT2D eigenvalue weighted by Crippen LogP contribution is 2.23. The van der Waals surface area contributed by atoms with Gasteiger partial charge in [0.05, 0.1) is 5.56 Å². The van der Waals surface area contributed by atoms with Crippen LogP contribution in [0.1, 0.15) is 17.3 Å². The minimum Gasteiger partial charge on any atom is -0.487 e. The van der Waals surface area contributed by atoms with E-state index >= 15 is 0 Å². The van der Waals surface area contributed by atoms with Gasteiger partial charge in [-0.2, -0.15) is 0 Å². The lowest BCUT2D eigenvalue weighted by Crippen LogP contribution is -2.21. The topological polar surface area (TPSA) is 46.5 Å². The quantitative estimate of drug-likeness (QED) is 0.893. The van der Waals surface area contributed by atoms with Crippen molar-refractivity contribution in [1.29, 1.82) is 0 Å². The first-order valence-corrected chi connectivity index (χ1v) is 4.70. The van der Waals surface area contributed by atoms with E-state index in [4.69, 9.17) is 21.4 Å². The van der Waals surface area contributed by atoms with E-state index in [1.54, 1.807) is 0 Å². The Hall–Kier alpha value is -1.36. The second kappa shape index (κ2) is 4.65. The number of benzene rings is 1. The molecule has 6 heteroatoms. The molecule has 0 fully saturated rings. The van der Waals surface area contributed by atoms with Gasteiger partial charge in [-0.15, -0.1) is 0 Å². The van der Waals surface area contributed by atoms with E-state index < -0.39 is 18.5 Å². The second-order valence-corrected chi connectivity index (χ2v) is 3.78. The van der Waals surface area contributed by atoms with Crippen LogP contribution in [-0.2, 0) is 0 Å². The van der Waals surface area contributed by atoms with E-state index in [2.05, 4.69) is 0 Å². The Bertz CT molecular complexity index is 402. The number of rotatable bonds is 4. The molecule has 0 saturated carbocycles. The highest BCUT2D eigenvalue weighted by Gasteiger charge is 2.22. The predicted octanol–water partition coefficient (Wildman–Crippen LogP) is 3.07. The lowest BCUT2D eigenvalue weighted by atomic mass is 10.2. The zero-order chi connectivity index (χ0) is 12.3. The minimum absolute atomic E-state index is 0.00595. The monoisotopic (exact) mass is 250 g/mol. The molecule has 0 saturated heterocycles. The fourth-order valence-electron chi connectivity index (χ4n) is 0.980. The van der Waals surface area contributed by atoms with Crippen LogP contribution in [0.15, 0.2) is 18.2 Å². The van der Waals surface area contributed by atoms with Crippen LogP contribution in [0, 0.1) is 0 Å². The normalized spacial score (nSPS) is 11.2. The molecular formula is C10H9ClF2O3. The molecule has 0 aromatic heterocycles. The SMILES string of the molecule is CC(F)(F)COc1cc(Cl)cc(C(=O)O)c1. The first kappa shape index (κ1) is 12.7. The summed E-state index contributed by atoms with van der Waals surface area (Å²) >= 11 is 5.61. The van der Waals surface area contributed by atoms with Gasteiger partial charge in [-0.3, -0.25) is 0 Å². The van der Waals surface area contributed by atoms with Gasteiger partial charge in [0.2, 0.25) is 0 Å². The highest BCUT2D eigenvalue weighted by molar-refractivity contribution is 6.31. The Labute approximate surface area is 95.6 Å². The number of halogens is 3. The summed E-state index contributed by atoms with van der Waals surface area (Å²) in [6, 6.07) is 3.63. The molecule has 3 nitrogen and oxygen atoms in total. The zero-order valence-electron chi connectivity index (χ0n) is 8.34. The molecule has 88 valence electrons. The average molecular weight is 251 g/mol. The van der Waals surface area contributed by atoms with Gasteiger partial charge in [-0.05, 0) is 18.2 Å². The molecule has 16 heavy (non-hydrogen) atoms. The molecule has 1 rings (SSSR count). The summed E-state index contributed by atoms with van der Waals surface area (Å²) in [5.74, 6) is -4.17. The summed E-state index contributed by atoms with van der Waals surface area (Å²) in [7, 11) is 0. The fraction of sp³-hybridized carbons (Fsp3) is 0.300. The standard InChI is InChI=1S/C10H9ClF2O3/c1-10(12,13)5-16-8-3-6(9(14)15)2-7(11)4-8/h2-4H,5H2,1H3,(H,14,15). The molecule has 0 radical (unpaired) electrons. The van der Waals surface area contributed by atoms with Crippen molar-refractivity contribution in [2.75, 3.05) is 6.61 Å². The van der Waals surface area contributed by atoms with E-state index in [1.807, 2.05) is 0 Å². The first-order chi connectivity index (χ1) is 7.28. The van der Waals surface area contributed by atoms with E-state index in [0.717, 1.165) is 6.07 Å². The van der Waals surface area contributed by atoms with Gasteiger partial charge in [0, 0.05) is 11.9 Å². The molecule has 0 spiro atoms. The molecule has 1 N–H and O–H groups in total. The smallest absolute Gasteiger partial charge is 0.335 e. The third-order valence-corrected chi connectivity index (χ3v) is 1.83. The largest absolute Gasteiger partial charge is 0.487 e. The Balaban J connectivity index is 2.85. The maximum Gasteiger partial charge on any atom is 0.335 e. The van der Waals surface area contributed by atoms with Crippen molar-refractivity contribution in [2.45, 2.75) is 12.8 Å². The second-order valence-electron chi connectivity index (χ2n) is 3.34. The zero-order valence-corrected chi connectivity index (χ0v) is 9.09. The number of aromatic carboxylic acids is 1. The van der Waals surface area contributed by atoms with Gasteiger partial charge in [-0.25, -0.2) is 13.6 Å². The van der Waals surface area contributed by atoms with Gasteiger partial charge in [-0.1, -0.05) is 11.6 Å². The van der Waals surface area contributed by atoms with Crippen LogP contribution in [0.2, 0.25) is 5.02 Å². The van der Waals surface area contributed by atoms with Crippen LogP contribution in [0.25, 0.3) is 0 Å². The number of ether oxygens (including phenoxy) is 1. The maximum absolute atomic E-state index is 12.5. The van der Waals surface area contributed by atoms with Crippen LogP contribution >= 0.6 is 11.6 Å². The average Bonchev–Trinajstić information content (AvgIpc) is 2.13. The van der Waals surface area contributed by atoms with Crippen LogP contribution in [0.5, 0.6) is 5.75 Å². The Morgan fingerprint density at radius 1 is 1.50 bits per heavy atom. The molecule has 0 aliphatic carbocycles. The molecule has 1 aromatic rings. The van der Waals surface area contributed by atoms with Crippen molar-refractivity contribution >= 4 is 17.6 Å². The van der Waals surface area contributed by atoms with Crippen LogP contribution in [-0.4, -0.2) is 23.6 Å². The Morgan fingerprint density at radius 3 is 2.62 bits per heavy atom. The van der Waals surface area contributed by atoms with Crippen LogP contribution in [0.3, 0.4) is 0 Å². The summed E-state index contributed by atoms with van der Waals surface area (Å²) in [5.41, 5.74) is -0.109. The summed E-state index contributed by atoms with van der Waals surface area (Å²) < 4.78 is 29.7. The van der Waals surface area contributed by atoms with Crippen LogP contribution < -0.4 is 4.74 Å². The number of carboxylic acid groups (broad SMARTS) is 1. The highest BCUT2D eigenvalue weighted by atomic mass is 35.5. The van der Waals surface area contributed by atoms with Gasteiger partial charge < -0.3 is 9.84 Å². The summed E-state index contributed by atoms with van der Waals surface area (Å²) in [4.78, 5) is 10.6. The van der Waals surface area contributed by atoms with Crippen molar-refractivity contribution in [3.63, 3.8) is 0 Å². The molecule has 1 aromatic carbocycles. The van der Waals surface area contributed by atoms with E-state index in [9.17, 15) is 13.6 Å². The molecule has 0 amide bonds. The minimum atomic E-state index is -2.98. The number of hydrogen-bond donors (Lipinski definition) is 1. The van der Waals surface area contributed by atoms with E-state index in [0.29, 0.717) is 6.92 Å². The van der Waals surface area contributed by atoms with Crippen LogP contribution in [0.4, 0.5) is 8.78 Å². The Kier molecular flexibility index (Phi) is 3.70. The third-order valence-electron chi connectivity index (χ3n) is 1.61. The molecule has 0 aliphatic heterocycles. The molecule has 0 atom stereocenters. The molecule has 0 heterocycles. The summed E-state index contributed by atoms with van der Waals surface area (Å²) in [6.45, 7) is -0.123. The fourth-order valence-corrected chi connectivity index (χ4v) is 1.20. The van der Waals surface area contributed by atoms with Gasteiger partial charge in [0.15, 0.2) is 6.61 Å². The first-order valence-electron chi connectivity index (χ1n) is 4.32. The van der Waals surface area contributed by atoms with Crippen molar-refractivity contribution < 1.29 is 23.4 Å². The van der Waals surface area contributed by atoms with E-state index in [-0.39, 0.29) is 16.3 Å². The number of hydrogen-bond acceptors (Lipinski definition) is 2. The van der Waals surface area contributed by atoms with Crippen molar-refractivity contribution in [2.24, 2.45) is 0 Å². The van der Waals surface area contributed by atoms with Crippen molar-refractivity contribution in [3.8, 4) is 5.75 Å². The van der Waals surface area contributed by atoms with E-state index in [1.165, 1.54) is 12.1 Å². The lowest BCUT2D eigenvalue weighted by molar-refractivity contribution is -0.0229.